The average Bonchev–Trinajstić information content (AvgIpc) is 2.95. The first-order valence-electron chi connectivity index (χ1n) is 6.34. The van der Waals surface area contributed by atoms with Gasteiger partial charge in [0.25, 0.3) is 0 Å². The zero-order chi connectivity index (χ0) is 14.4. The smallest absolute Gasteiger partial charge is 0.225 e. The predicted molar refractivity (Wildman–Crippen MR) is 81.3 cm³/mol. The summed E-state index contributed by atoms with van der Waals surface area (Å²) >= 11 is 1.58. The molecule has 2 rings (SSSR count). The molecule has 0 aliphatic carbocycles. The summed E-state index contributed by atoms with van der Waals surface area (Å²) in [4.78, 5) is 12.0. The molecule has 0 saturated heterocycles. The van der Waals surface area contributed by atoms with E-state index in [9.17, 15) is 0 Å². The molecular weight excluding hydrogens is 274 g/mol. The van der Waals surface area contributed by atoms with Crippen LogP contribution in [-0.4, -0.2) is 43.8 Å². The quantitative estimate of drug-likeness (QED) is 0.842. The Morgan fingerprint density at radius 2 is 2.30 bits per heavy atom. The number of nitriles is 1. The Hall–Kier alpha value is -1.91. The highest BCUT2D eigenvalue weighted by Crippen LogP contribution is 2.29. The number of nitrogens with zero attached hydrogens (tertiary/aromatic N) is 4. The Morgan fingerprint density at radius 3 is 3.00 bits per heavy atom. The van der Waals surface area contributed by atoms with E-state index in [2.05, 4.69) is 26.3 Å². The molecule has 0 fully saturated rings. The number of methoxy groups -OCH3 is 1. The molecule has 0 saturated carbocycles. The number of thiophene rings is 1. The maximum absolute atomic E-state index is 8.81. The normalized spacial score (nSPS) is 10.4. The van der Waals surface area contributed by atoms with Crippen LogP contribution in [0.25, 0.3) is 10.2 Å². The largest absolute Gasteiger partial charge is 0.383 e. The zero-order valence-electron chi connectivity index (χ0n) is 11.6. The van der Waals surface area contributed by atoms with E-state index < -0.39 is 0 Å². The average molecular weight is 291 g/mol. The summed E-state index contributed by atoms with van der Waals surface area (Å²) in [6.07, 6.45) is 0.453. The van der Waals surface area contributed by atoms with E-state index in [0.717, 1.165) is 16.0 Å². The van der Waals surface area contributed by atoms with E-state index >= 15 is 0 Å². The van der Waals surface area contributed by atoms with Crippen LogP contribution in [0.3, 0.4) is 0 Å². The van der Waals surface area contributed by atoms with Gasteiger partial charge in [0.1, 0.15) is 10.6 Å². The minimum Gasteiger partial charge on any atom is -0.383 e. The van der Waals surface area contributed by atoms with Gasteiger partial charge in [-0.25, -0.2) is 4.98 Å². The molecule has 7 heteroatoms. The van der Waals surface area contributed by atoms with Crippen molar-refractivity contribution in [3.8, 4) is 6.07 Å². The van der Waals surface area contributed by atoms with Crippen LogP contribution >= 0.6 is 11.3 Å². The lowest BCUT2D eigenvalue weighted by molar-refractivity contribution is 0.205. The molecule has 0 atom stereocenters. The van der Waals surface area contributed by atoms with Gasteiger partial charge in [0.15, 0.2) is 0 Å². The second-order valence-corrected chi connectivity index (χ2v) is 5.04. The fourth-order valence-corrected chi connectivity index (χ4v) is 2.66. The van der Waals surface area contributed by atoms with Crippen LogP contribution in [0.2, 0.25) is 0 Å². The van der Waals surface area contributed by atoms with E-state index in [1.165, 1.54) is 0 Å². The number of hydrogen-bond donors (Lipinski definition) is 1. The van der Waals surface area contributed by atoms with Crippen LogP contribution in [0, 0.1) is 11.3 Å². The van der Waals surface area contributed by atoms with Crippen molar-refractivity contribution in [3.63, 3.8) is 0 Å². The number of nitrogens with one attached hydrogen (secondary N) is 1. The number of hydrogen-bond acceptors (Lipinski definition) is 7. The third kappa shape index (κ3) is 3.15. The topological polar surface area (TPSA) is 74.1 Å². The van der Waals surface area contributed by atoms with Crippen LogP contribution in [-0.2, 0) is 4.74 Å². The second-order valence-electron chi connectivity index (χ2n) is 4.15. The van der Waals surface area contributed by atoms with Crippen molar-refractivity contribution < 1.29 is 4.74 Å². The minimum atomic E-state index is 0.453. The fourth-order valence-electron chi connectivity index (χ4n) is 1.90. The fraction of sp³-hybridized carbons (Fsp3) is 0.462. The Morgan fingerprint density at radius 1 is 1.45 bits per heavy atom. The van der Waals surface area contributed by atoms with E-state index in [1.54, 1.807) is 25.5 Å². The third-order valence-electron chi connectivity index (χ3n) is 2.89. The maximum atomic E-state index is 8.81. The van der Waals surface area contributed by atoms with Crippen molar-refractivity contribution in [2.45, 2.75) is 6.42 Å². The summed E-state index contributed by atoms with van der Waals surface area (Å²) in [7, 11) is 3.47. The van der Waals surface area contributed by atoms with Crippen molar-refractivity contribution in [3.05, 3.63) is 11.4 Å². The number of ether oxygens (including phenoxy) is 1. The van der Waals surface area contributed by atoms with Gasteiger partial charge in [0, 0.05) is 27.2 Å². The van der Waals surface area contributed by atoms with E-state index in [4.69, 9.17) is 10.00 Å². The predicted octanol–water partition coefficient (Wildman–Crippen LogP) is 2.10. The van der Waals surface area contributed by atoms with E-state index in [1.807, 2.05) is 11.4 Å². The molecule has 0 radical (unpaired) electrons. The lowest BCUT2D eigenvalue weighted by Crippen LogP contribution is -2.29. The standard InChI is InChI=1S/C13H17N5OS/c1-15-13-16-11(10-4-9-20-12(10)17-13)18(6-3-5-14)7-8-19-2/h4,9H,3,6-8H2,1-2H3,(H,15,16,17). The molecule has 6 nitrogen and oxygen atoms in total. The molecule has 0 bridgehead atoms. The van der Waals surface area contributed by atoms with Gasteiger partial charge in [-0.2, -0.15) is 10.2 Å². The van der Waals surface area contributed by atoms with Crippen LogP contribution < -0.4 is 10.2 Å². The van der Waals surface area contributed by atoms with Gasteiger partial charge in [-0.1, -0.05) is 0 Å². The molecule has 0 aliphatic heterocycles. The van der Waals surface area contributed by atoms with Crippen molar-refractivity contribution in [1.82, 2.24) is 9.97 Å². The van der Waals surface area contributed by atoms with Crippen molar-refractivity contribution in [1.29, 1.82) is 5.26 Å². The molecule has 2 aromatic rings. The molecular formula is C13H17N5OS. The van der Waals surface area contributed by atoms with E-state index in [0.29, 0.717) is 32.1 Å². The number of fused-ring (bicyclic) bond motifs is 1. The summed E-state index contributed by atoms with van der Waals surface area (Å²) in [5.41, 5.74) is 0. The lowest BCUT2D eigenvalue weighted by atomic mass is 10.3. The highest BCUT2D eigenvalue weighted by atomic mass is 32.1. The summed E-state index contributed by atoms with van der Waals surface area (Å²) in [5.74, 6) is 1.45. The summed E-state index contributed by atoms with van der Waals surface area (Å²) in [5, 5.41) is 14.8. The molecule has 0 spiro atoms. The van der Waals surface area contributed by atoms with Crippen molar-refractivity contribution >= 4 is 33.3 Å². The van der Waals surface area contributed by atoms with Gasteiger partial charge in [-0.3, -0.25) is 0 Å². The van der Waals surface area contributed by atoms with Crippen LogP contribution in [0.1, 0.15) is 6.42 Å². The Kier molecular flexibility index (Phi) is 5.09. The first-order valence-corrected chi connectivity index (χ1v) is 7.22. The molecule has 20 heavy (non-hydrogen) atoms. The Labute approximate surface area is 122 Å². The van der Waals surface area contributed by atoms with Crippen LogP contribution in [0.15, 0.2) is 11.4 Å². The van der Waals surface area contributed by atoms with Gasteiger partial charge in [0.2, 0.25) is 5.95 Å². The van der Waals surface area contributed by atoms with Crippen molar-refractivity contribution in [2.75, 3.05) is 44.1 Å². The van der Waals surface area contributed by atoms with Gasteiger partial charge in [-0.15, -0.1) is 11.3 Å². The molecule has 0 aliphatic rings. The first kappa shape index (κ1) is 14.5. The number of anilines is 2. The molecule has 0 unspecified atom stereocenters. The summed E-state index contributed by atoms with van der Waals surface area (Å²) in [6.45, 7) is 1.92. The Bertz CT molecular complexity index is 606. The summed E-state index contributed by atoms with van der Waals surface area (Å²) in [6, 6.07) is 4.19. The third-order valence-corrected chi connectivity index (χ3v) is 3.69. The highest BCUT2D eigenvalue weighted by molar-refractivity contribution is 7.16. The molecule has 0 aromatic carbocycles. The molecule has 2 heterocycles. The van der Waals surface area contributed by atoms with Crippen LogP contribution in [0.5, 0.6) is 0 Å². The molecule has 1 N–H and O–H groups in total. The highest BCUT2D eigenvalue weighted by Gasteiger charge is 2.15. The lowest BCUT2D eigenvalue weighted by Gasteiger charge is -2.23. The van der Waals surface area contributed by atoms with E-state index in [-0.39, 0.29) is 0 Å². The SMILES string of the molecule is CNc1nc(N(CCC#N)CCOC)c2ccsc2n1. The number of rotatable bonds is 7. The molecule has 106 valence electrons. The minimum absolute atomic E-state index is 0.453. The summed E-state index contributed by atoms with van der Waals surface area (Å²) < 4.78 is 5.14. The Balaban J connectivity index is 2.39. The van der Waals surface area contributed by atoms with Crippen LogP contribution in [0.4, 0.5) is 11.8 Å². The van der Waals surface area contributed by atoms with Gasteiger partial charge >= 0.3 is 0 Å². The molecule has 2 aromatic heterocycles. The van der Waals surface area contributed by atoms with Gasteiger partial charge in [-0.05, 0) is 11.4 Å². The van der Waals surface area contributed by atoms with Gasteiger partial charge < -0.3 is 15.0 Å². The number of aromatic nitrogens is 2. The zero-order valence-corrected chi connectivity index (χ0v) is 12.4. The monoisotopic (exact) mass is 291 g/mol. The van der Waals surface area contributed by atoms with Crippen molar-refractivity contribution in [2.24, 2.45) is 0 Å². The molecule has 0 amide bonds. The second kappa shape index (κ2) is 7.03. The van der Waals surface area contributed by atoms with Gasteiger partial charge in [0.05, 0.1) is 24.5 Å². The maximum Gasteiger partial charge on any atom is 0.225 e. The first-order chi connectivity index (χ1) is 9.80.